The van der Waals surface area contributed by atoms with E-state index in [2.05, 4.69) is 26.1 Å². The maximum Gasteiger partial charge on any atom is 0.276 e. The molecule has 0 aliphatic rings. The number of benzene rings is 2. The monoisotopic (exact) mass is 410 g/mol. The predicted octanol–water partition coefficient (Wildman–Crippen LogP) is 2.34. The molecule has 0 bridgehead atoms. The van der Waals surface area contributed by atoms with Gasteiger partial charge in [-0.15, -0.1) is 0 Å². The molecule has 0 unspecified atom stereocenters. The highest BCUT2D eigenvalue weighted by molar-refractivity contribution is 5.82. The summed E-state index contributed by atoms with van der Waals surface area (Å²) in [5, 5.41) is 3.08. The zero-order chi connectivity index (χ0) is 21.3. The molecule has 1 amide bonds. The first-order valence-corrected chi connectivity index (χ1v) is 8.93. The third kappa shape index (κ3) is 5.19. The van der Waals surface area contributed by atoms with Crippen LogP contribution in [0.5, 0.6) is 17.2 Å². The normalized spacial score (nSPS) is 10.1. The number of nitrogens with two attached hydrogens (primary N) is 1. The number of amides is 1. The molecular formula is C20H22N6O4. The molecule has 1 heterocycles. The number of anilines is 4. The van der Waals surface area contributed by atoms with Crippen molar-refractivity contribution in [1.82, 2.24) is 15.4 Å². The Balaban J connectivity index is 1.64. The number of methoxy groups -OCH3 is 2. The van der Waals surface area contributed by atoms with Gasteiger partial charge in [0.05, 0.1) is 19.9 Å². The van der Waals surface area contributed by atoms with E-state index in [0.717, 1.165) is 0 Å². The number of nitrogens with zero attached hydrogens (tertiary/aromatic N) is 2. The lowest BCUT2D eigenvalue weighted by Gasteiger charge is -2.15. The summed E-state index contributed by atoms with van der Waals surface area (Å²) in [6, 6.07) is 14.3. The molecule has 0 radical (unpaired) electrons. The Kier molecular flexibility index (Phi) is 6.72. The Labute approximate surface area is 173 Å². The largest absolute Gasteiger partial charge is 0.497 e. The lowest BCUT2D eigenvalue weighted by atomic mass is 10.2. The van der Waals surface area contributed by atoms with Gasteiger partial charge in [-0.1, -0.05) is 18.2 Å². The van der Waals surface area contributed by atoms with Gasteiger partial charge in [0.1, 0.15) is 29.3 Å². The van der Waals surface area contributed by atoms with Crippen molar-refractivity contribution >= 4 is 28.9 Å². The molecule has 1 aromatic heterocycles. The van der Waals surface area contributed by atoms with E-state index in [1.165, 1.54) is 6.33 Å². The number of hydrogen-bond acceptors (Lipinski definition) is 9. The third-order valence-corrected chi connectivity index (χ3v) is 3.98. The fourth-order valence-electron chi connectivity index (χ4n) is 2.46. The van der Waals surface area contributed by atoms with Crippen LogP contribution in [0.25, 0.3) is 0 Å². The summed E-state index contributed by atoms with van der Waals surface area (Å²) in [7, 11) is 3.12. The van der Waals surface area contributed by atoms with Gasteiger partial charge in [-0.3, -0.25) is 15.6 Å². The maximum atomic E-state index is 12.0. The summed E-state index contributed by atoms with van der Waals surface area (Å²) in [6.07, 6.45) is 1.31. The second-order valence-electron chi connectivity index (χ2n) is 5.95. The van der Waals surface area contributed by atoms with Crippen molar-refractivity contribution in [3.05, 3.63) is 54.9 Å². The zero-order valence-electron chi connectivity index (χ0n) is 16.5. The molecule has 3 aromatic rings. The van der Waals surface area contributed by atoms with Crippen molar-refractivity contribution < 1.29 is 19.0 Å². The average molecular weight is 410 g/mol. The number of carbonyl (C=O) groups excluding carboxylic acids is 1. The minimum Gasteiger partial charge on any atom is -0.497 e. The van der Waals surface area contributed by atoms with E-state index in [1.54, 1.807) is 44.6 Å². The third-order valence-electron chi connectivity index (χ3n) is 3.98. The summed E-state index contributed by atoms with van der Waals surface area (Å²) in [5.41, 5.74) is 12.1. The Hall–Kier alpha value is -4.21. The summed E-state index contributed by atoms with van der Waals surface area (Å²) >= 11 is 0. The van der Waals surface area contributed by atoms with E-state index in [1.807, 2.05) is 18.2 Å². The van der Waals surface area contributed by atoms with E-state index < -0.39 is 5.91 Å². The molecule has 0 saturated carbocycles. The SMILES string of the molecule is COc1ccc(OC)c(Nc2ncnc(NNC(=O)COc3ccccc3)c2N)c1. The Morgan fingerprint density at radius 3 is 2.50 bits per heavy atom. The number of carbonyl (C=O) groups is 1. The number of para-hydroxylation sites is 1. The van der Waals surface area contributed by atoms with E-state index in [0.29, 0.717) is 28.8 Å². The first-order valence-electron chi connectivity index (χ1n) is 8.93. The second-order valence-corrected chi connectivity index (χ2v) is 5.95. The van der Waals surface area contributed by atoms with Crippen LogP contribution >= 0.6 is 0 Å². The van der Waals surface area contributed by atoms with Gasteiger partial charge in [-0.25, -0.2) is 9.97 Å². The zero-order valence-corrected chi connectivity index (χ0v) is 16.5. The topological polar surface area (TPSA) is 133 Å². The van der Waals surface area contributed by atoms with Crippen molar-refractivity contribution in [1.29, 1.82) is 0 Å². The highest BCUT2D eigenvalue weighted by atomic mass is 16.5. The summed E-state index contributed by atoms with van der Waals surface area (Å²) in [4.78, 5) is 20.2. The highest BCUT2D eigenvalue weighted by Crippen LogP contribution is 2.33. The molecular weight excluding hydrogens is 388 g/mol. The molecule has 0 aliphatic heterocycles. The van der Waals surface area contributed by atoms with Crippen molar-refractivity contribution in [2.45, 2.75) is 0 Å². The molecule has 3 rings (SSSR count). The average Bonchev–Trinajstić information content (AvgIpc) is 2.78. The minimum absolute atomic E-state index is 0.173. The number of rotatable bonds is 9. The number of nitrogen functional groups attached to an aromatic ring is 1. The van der Waals surface area contributed by atoms with E-state index in [4.69, 9.17) is 19.9 Å². The van der Waals surface area contributed by atoms with Crippen molar-refractivity contribution in [2.75, 3.05) is 37.3 Å². The van der Waals surface area contributed by atoms with Gasteiger partial charge in [0, 0.05) is 6.07 Å². The number of hydrogen-bond donors (Lipinski definition) is 4. The fraction of sp³-hybridized carbons (Fsp3) is 0.150. The smallest absolute Gasteiger partial charge is 0.276 e. The van der Waals surface area contributed by atoms with Crippen molar-refractivity contribution in [2.24, 2.45) is 0 Å². The maximum absolute atomic E-state index is 12.0. The van der Waals surface area contributed by atoms with Gasteiger partial charge in [-0.2, -0.15) is 0 Å². The standard InChI is InChI=1S/C20H22N6O4/c1-28-14-8-9-16(29-2)15(10-14)24-19-18(21)20(23-12-22-19)26-25-17(27)11-30-13-6-4-3-5-7-13/h3-10,12H,11,21H2,1-2H3,(H,25,27)(H2,22,23,24,26). The molecule has 2 aromatic carbocycles. The number of ether oxygens (including phenoxy) is 3. The molecule has 156 valence electrons. The highest BCUT2D eigenvalue weighted by Gasteiger charge is 2.12. The summed E-state index contributed by atoms with van der Waals surface area (Å²) in [5.74, 6) is 1.95. The van der Waals surface area contributed by atoms with Crippen LogP contribution in [-0.2, 0) is 4.79 Å². The first-order chi connectivity index (χ1) is 14.6. The molecule has 0 spiro atoms. The molecule has 10 nitrogen and oxygen atoms in total. The van der Waals surface area contributed by atoms with Crippen LogP contribution in [0, 0.1) is 0 Å². The molecule has 5 N–H and O–H groups in total. The minimum atomic E-state index is -0.402. The summed E-state index contributed by atoms with van der Waals surface area (Å²) in [6.45, 7) is -0.173. The number of aromatic nitrogens is 2. The Morgan fingerprint density at radius 2 is 1.77 bits per heavy atom. The second kappa shape index (κ2) is 9.82. The van der Waals surface area contributed by atoms with Crippen LogP contribution in [0.1, 0.15) is 0 Å². The van der Waals surface area contributed by atoms with Gasteiger partial charge in [0.25, 0.3) is 5.91 Å². The van der Waals surface area contributed by atoms with E-state index in [9.17, 15) is 4.79 Å². The quantitative estimate of drug-likeness (QED) is 0.392. The van der Waals surface area contributed by atoms with Crippen molar-refractivity contribution in [3.63, 3.8) is 0 Å². The lowest BCUT2D eigenvalue weighted by molar-refractivity contribution is -0.122. The van der Waals surface area contributed by atoms with E-state index in [-0.39, 0.29) is 18.1 Å². The molecule has 0 aliphatic carbocycles. The predicted molar refractivity (Wildman–Crippen MR) is 113 cm³/mol. The van der Waals surface area contributed by atoms with Gasteiger partial charge in [0.15, 0.2) is 18.2 Å². The number of hydrazine groups is 1. The van der Waals surface area contributed by atoms with Gasteiger partial charge < -0.3 is 25.3 Å². The molecule has 0 fully saturated rings. The van der Waals surface area contributed by atoms with Crippen LogP contribution in [0.4, 0.5) is 23.0 Å². The van der Waals surface area contributed by atoms with Gasteiger partial charge in [-0.05, 0) is 24.3 Å². The van der Waals surface area contributed by atoms with Crippen molar-refractivity contribution in [3.8, 4) is 17.2 Å². The summed E-state index contributed by atoms with van der Waals surface area (Å²) < 4.78 is 16.0. The van der Waals surface area contributed by atoms with Crippen LogP contribution in [-0.4, -0.2) is 36.7 Å². The molecule has 0 atom stereocenters. The lowest BCUT2D eigenvalue weighted by Crippen LogP contribution is -2.34. The Bertz CT molecular complexity index is 1000. The van der Waals surface area contributed by atoms with Gasteiger partial charge in [0.2, 0.25) is 0 Å². The Morgan fingerprint density at radius 1 is 1.00 bits per heavy atom. The van der Waals surface area contributed by atoms with Gasteiger partial charge >= 0.3 is 0 Å². The first kappa shape index (κ1) is 20.5. The van der Waals surface area contributed by atoms with Crippen LogP contribution < -0.4 is 36.1 Å². The van der Waals surface area contributed by atoms with Crippen LogP contribution in [0.2, 0.25) is 0 Å². The van der Waals surface area contributed by atoms with Crippen LogP contribution in [0.3, 0.4) is 0 Å². The molecule has 10 heteroatoms. The molecule has 30 heavy (non-hydrogen) atoms. The van der Waals surface area contributed by atoms with Crippen LogP contribution in [0.15, 0.2) is 54.9 Å². The van der Waals surface area contributed by atoms with E-state index >= 15 is 0 Å². The number of nitrogens with one attached hydrogen (secondary N) is 3. The fourth-order valence-corrected chi connectivity index (χ4v) is 2.46. The molecule has 0 saturated heterocycles.